The predicted octanol–water partition coefficient (Wildman–Crippen LogP) is 3.10. The zero-order chi connectivity index (χ0) is 22.7. The van der Waals surface area contributed by atoms with Gasteiger partial charge in [0, 0.05) is 56.2 Å². The van der Waals surface area contributed by atoms with E-state index in [2.05, 4.69) is 22.2 Å². The SMILES string of the molecule is CCc1nc(CN2CCN(C(=O)C3CCCN(S(=O)(=O)c4ccc(Cl)cc4)C3)CC2)cs1. The monoisotopic (exact) mass is 496 g/mol. The average molecular weight is 497 g/mol. The van der Waals surface area contributed by atoms with Gasteiger partial charge in [-0.3, -0.25) is 9.69 Å². The van der Waals surface area contributed by atoms with Gasteiger partial charge in [0.25, 0.3) is 0 Å². The number of aryl methyl sites for hydroxylation is 1. The fraction of sp³-hybridized carbons (Fsp3) is 0.545. The molecule has 3 heterocycles. The summed E-state index contributed by atoms with van der Waals surface area (Å²) in [5.74, 6) is -0.217. The van der Waals surface area contributed by atoms with Gasteiger partial charge in [-0.05, 0) is 43.5 Å². The zero-order valence-corrected chi connectivity index (χ0v) is 20.6. The van der Waals surface area contributed by atoms with E-state index in [0.717, 1.165) is 43.2 Å². The second-order valence-corrected chi connectivity index (χ2v) is 11.7. The van der Waals surface area contributed by atoms with Gasteiger partial charge in [0.1, 0.15) is 0 Å². The highest BCUT2D eigenvalue weighted by Gasteiger charge is 2.35. The quantitative estimate of drug-likeness (QED) is 0.614. The standard InChI is InChI=1S/C22H29ClN4O3S2/c1-2-21-24-19(16-31-21)15-25-10-12-26(13-11-25)22(28)17-4-3-9-27(14-17)32(29,30)20-7-5-18(23)6-8-20/h5-8,16-17H,2-4,9-15H2,1H3. The van der Waals surface area contributed by atoms with Crippen LogP contribution in [0.3, 0.4) is 0 Å². The van der Waals surface area contributed by atoms with E-state index in [1.165, 1.54) is 16.4 Å². The Kier molecular flexibility index (Phi) is 7.51. The first-order chi connectivity index (χ1) is 15.4. The summed E-state index contributed by atoms with van der Waals surface area (Å²) in [6.45, 7) is 6.57. The number of hydrogen-bond donors (Lipinski definition) is 0. The molecule has 2 aliphatic heterocycles. The van der Waals surface area contributed by atoms with Crippen LogP contribution in [0.1, 0.15) is 30.5 Å². The molecule has 7 nitrogen and oxygen atoms in total. The Balaban J connectivity index is 1.33. The van der Waals surface area contributed by atoms with Crippen molar-refractivity contribution >= 4 is 38.9 Å². The van der Waals surface area contributed by atoms with Gasteiger partial charge in [0.2, 0.25) is 15.9 Å². The van der Waals surface area contributed by atoms with E-state index in [-0.39, 0.29) is 23.3 Å². The van der Waals surface area contributed by atoms with E-state index in [0.29, 0.717) is 31.1 Å². The summed E-state index contributed by atoms with van der Waals surface area (Å²) in [6.07, 6.45) is 2.37. The van der Waals surface area contributed by atoms with E-state index < -0.39 is 10.0 Å². The molecule has 174 valence electrons. The van der Waals surface area contributed by atoms with Crippen molar-refractivity contribution in [3.05, 3.63) is 45.4 Å². The number of carbonyl (C=O) groups is 1. The van der Waals surface area contributed by atoms with Gasteiger partial charge in [-0.1, -0.05) is 18.5 Å². The normalized spacial score (nSPS) is 21.1. The Bertz CT molecular complexity index is 1030. The summed E-state index contributed by atoms with van der Waals surface area (Å²) < 4.78 is 27.5. The summed E-state index contributed by atoms with van der Waals surface area (Å²) >= 11 is 7.60. The van der Waals surface area contributed by atoms with E-state index in [9.17, 15) is 13.2 Å². The Hall–Kier alpha value is -1.52. The van der Waals surface area contributed by atoms with E-state index in [4.69, 9.17) is 11.6 Å². The highest BCUT2D eigenvalue weighted by atomic mass is 35.5. The third kappa shape index (κ3) is 5.34. The molecule has 0 N–H and O–H groups in total. The zero-order valence-electron chi connectivity index (χ0n) is 18.2. The molecule has 0 spiro atoms. The van der Waals surface area contributed by atoms with Crippen molar-refractivity contribution in [1.29, 1.82) is 0 Å². The van der Waals surface area contributed by atoms with Gasteiger partial charge in [-0.15, -0.1) is 11.3 Å². The molecule has 4 rings (SSSR count). The molecule has 1 amide bonds. The van der Waals surface area contributed by atoms with E-state index in [1.54, 1.807) is 23.5 Å². The molecule has 0 saturated carbocycles. The first kappa shape index (κ1) is 23.6. The van der Waals surface area contributed by atoms with Crippen LogP contribution in [0.5, 0.6) is 0 Å². The molecular formula is C22H29ClN4O3S2. The number of carbonyl (C=O) groups excluding carboxylic acids is 1. The second kappa shape index (κ2) is 10.2. The lowest BCUT2D eigenvalue weighted by Crippen LogP contribution is -2.52. The van der Waals surface area contributed by atoms with Crippen LogP contribution in [0.4, 0.5) is 0 Å². The van der Waals surface area contributed by atoms with Crippen LogP contribution < -0.4 is 0 Å². The second-order valence-electron chi connectivity index (χ2n) is 8.34. The van der Waals surface area contributed by atoms with Gasteiger partial charge < -0.3 is 4.90 Å². The van der Waals surface area contributed by atoms with Crippen molar-refractivity contribution in [2.24, 2.45) is 5.92 Å². The van der Waals surface area contributed by atoms with Crippen molar-refractivity contribution in [3.63, 3.8) is 0 Å². The minimum Gasteiger partial charge on any atom is -0.340 e. The largest absolute Gasteiger partial charge is 0.340 e. The fourth-order valence-corrected chi connectivity index (χ4v) is 6.70. The summed E-state index contributed by atoms with van der Waals surface area (Å²) in [6, 6.07) is 6.20. The van der Waals surface area contributed by atoms with Crippen molar-refractivity contribution in [2.75, 3.05) is 39.3 Å². The number of piperidine rings is 1. The average Bonchev–Trinajstić information content (AvgIpc) is 3.27. The van der Waals surface area contributed by atoms with Crippen LogP contribution in [0, 0.1) is 5.92 Å². The van der Waals surface area contributed by atoms with Crippen molar-refractivity contribution in [1.82, 2.24) is 19.1 Å². The molecule has 2 aliphatic rings. The Morgan fingerprint density at radius 2 is 1.88 bits per heavy atom. The molecule has 1 atom stereocenters. The Morgan fingerprint density at radius 1 is 1.16 bits per heavy atom. The van der Waals surface area contributed by atoms with Crippen LogP contribution in [0.2, 0.25) is 5.02 Å². The van der Waals surface area contributed by atoms with E-state index in [1.807, 2.05) is 4.90 Å². The third-order valence-electron chi connectivity index (χ3n) is 6.16. The number of amides is 1. The summed E-state index contributed by atoms with van der Waals surface area (Å²) in [5.41, 5.74) is 1.10. The molecule has 0 radical (unpaired) electrons. The van der Waals surface area contributed by atoms with E-state index >= 15 is 0 Å². The molecule has 2 aromatic rings. The van der Waals surface area contributed by atoms with Crippen LogP contribution in [-0.4, -0.2) is 72.7 Å². The highest BCUT2D eigenvalue weighted by molar-refractivity contribution is 7.89. The Morgan fingerprint density at radius 3 is 2.53 bits per heavy atom. The molecule has 0 bridgehead atoms. The molecule has 1 aromatic heterocycles. The van der Waals surface area contributed by atoms with Gasteiger partial charge >= 0.3 is 0 Å². The number of nitrogens with zero attached hydrogens (tertiary/aromatic N) is 4. The topological polar surface area (TPSA) is 73.8 Å². The van der Waals surface area contributed by atoms with Gasteiger partial charge in [-0.2, -0.15) is 4.31 Å². The molecule has 2 saturated heterocycles. The third-order valence-corrected chi connectivity index (χ3v) is 9.33. The van der Waals surface area contributed by atoms with Gasteiger partial charge in [0.15, 0.2) is 0 Å². The molecular weight excluding hydrogens is 468 g/mol. The lowest BCUT2D eigenvalue weighted by Gasteiger charge is -2.38. The van der Waals surface area contributed by atoms with Crippen molar-refractivity contribution in [2.45, 2.75) is 37.6 Å². The van der Waals surface area contributed by atoms with Crippen molar-refractivity contribution < 1.29 is 13.2 Å². The fourth-order valence-electron chi connectivity index (χ4n) is 4.32. The smallest absolute Gasteiger partial charge is 0.243 e. The van der Waals surface area contributed by atoms with Crippen LogP contribution in [-0.2, 0) is 27.8 Å². The number of aromatic nitrogens is 1. The van der Waals surface area contributed by atoms with Crippen molar-refractivity contribution in [3.8, 4) is 0 Å². The lowest BCUT2D eigenvalue weighted by atomic mass is 9.98. The maximum absolute atomic E-state index is 13.2. The minimum atomic E-state index is -3.63. The summed E-state index contributed by atoms with van der Waals surface area (Å²) in [5, 5.41) is 3.77. The first-order valence-electron chi connectivity index (χ1n) is 11.1. The maximum atomic E-state index is 13.2. The number of rotatable bonds is 6. The van der Waals surface area contributed by atoms with Gasteiger partial charge in [0.05, 0.1) is 21.5 Å². The maximum Gasteiger partial charge on any atom is 0.243 e. The number of thiazole rings is 1. The number of sulfonamides is 1. The first-order valence-corrected chi connectivity index (χ1v) is 13.8. The van der Waals surface area contributed by atoms with Gasteiger partial charge in [-0.25, -0.2) is 13.4 Å². The number of benzene rings is 1. The summed E-state index contributed by atoms with van der Waals surface area (Å²) in [4.78, 5) is 22.3. The molecule has 2 fully saturated rings. The number of hydrogen-bond acceptors (Lipinski definition) is 6. The molecule has 1 aromatic carbocycles. The summed E-state index contributed by atoms with van der Waals surface area (Å²) in [7, 11) is -3.63. The minimum absolute atomic E-state index is 0.0718. The molecule has 10 heteroatoms. The van der Waals surface area contributed by atoms with Crippen LogP contribution >= 0.6 is 22.9 Å². The Labute approximate surface area is 199 Å². The van der Waals surface area contributed by atoms with Crippen LogP contribution in [0.25, 0.3) is 0 Å². The predicted molar refractivity (Wildman–Crippen MR) is 126 cm³/mol. The highest BCUT2D eigenvalue weighted by Crippen LogP contribution is 2.26. The molecule has 0 aliphatic carbocycles. The lowest BCUT2D eigenvalue weighted by molar-refractivity contribution is -0.138. The molecule has 32 heavy (non-hydrogen) atoms. The molecule has 1 unspecified atom stereocenters. The number of halogens is 1. The van der Waals surface area contributed by atoms with Crippen LogP contribution in [0.15, 0.2) is 34.5 Å². The number of piperazine rings is 1.